The summed E-state index contributed by atoms with van der Waals surface area (Å²) in [7, 11) is 2.24. The first-order chi connectivity index (χ1) is 10.1. The Labute approximate surface area is 134 Å². The number of benzene rings is 1. The smallest absolute Gasteiger partial charge is 0.0471 e. The Morgan fingerprint density at radius 3 is 2.48 bits per heavy atom. The Kier molecular flexibility index (Phi) is 6.38. The zero-order chi connectivity index (χ0) is 15.2. The number of halogens is 1. The van der Waals surface area contributed by atoms with Gasteiger partial charge in [-0.3, -0.25) is 0 Å². The summed E-state index contributed by atoms with van der Waals surface area (Å²) in [5.74, 6) is 0. The van der Waals surface area contributed by atoms with E-state index in [2.05, 4.69) is 43.2 Å². The Morgan fingerprint density at radius 1 is 1.19 bits per heavy atom. The Hall–Kier alpha value is -0.730. The molecule has 0 saturated heterocycles. The van der Waals surface area contributed by atoms with Crippen molar-refractivity contribution in [2.75, 3.05) is 11.9 Å². The highest BCUT2D eigenvalue weighted by atomic mass is 35.5. The van der Waals surface area contributed by atoms with Gasteiger partial charge in [-0.05, 0) is 25.0 Å². The summed E-state index contributed by atoms with van der Waals surface area (Å²) in [5, 5.41) is 4.38. The number of nitrogens with zero attached hydrogens (tertiary/aromatic N) is 1. The van der Waals surface area contributed by atoms with E-state index in [-0.39, 0.29) is 0 Å². The maximum atomic E-state index is 6.46. The van der Waals surface area contributed by atoms with Gasteiger partial charge in [0.15, 0.2) is 0 Å². The third kappa shape index (κ3) is 4.62. The van der Waals surface area contributed by atoms with Crippen LogP contribution in [0.15, 0.2) is 18.2 Å². The van der Waals surface area contributed by atoms with Crippen molar-refractivity contribution in [1.82, 2.24) is 5.32 Å². The summed E-state index contributed by atoms with van der Waals surface area (Å²) in [6.07, 6.45) is 8.10. The molecule has 0 aliphatic heterocycles. The van der Waals surface area contributed by atoms with Crippen LogP contribution in [-0.2, 0) is 6.54 Å². The van der Waals surface area contributed by atoms with Crippen molar-refractivity contribution in [2.24, 2.45) is 0 Å². The van der Waals surface area contributed by atoms with Crippen LogP contribution in [0.25, 0.3) is 0 Å². The summed E-state index contributed by atoms with van der Waals surface area (Å²) in [4.78, 5) is 2.47. The summed E-state index contributed by atoms with van der Waals surface area (Å²) >= 11 is 6.46. The number of rotatable bonds is 5. The molecule has 0 amide bonds. The average molecular weight is 309 g/mol. The molecule has 1 aromatic carbocycles. The van der Waals surface area contributed by atoms with E-state index in [9.17, 15) is 0 Å². The van der Waals surface area contributed by atoms with Crippen LogP contribution < -0.4 is 10.2 Å². The van der Waals surface area contributed by atoms with Gasteiger partial charge >= 0.3 is 0 Å². The second-order valence-corrected chi connectivity index (χ2v) is 6.94. The third-order valence-electron chi connectivity index (χ3n) is 4.53. The van der Waals surface area contributed by atoms with Crippen LogP contribution in [0, 0.1) is 0 Å². The van der Waals surface area contributed by atoms with Crippen LogP contribution in [0.3, 0.4) is 0 Å². The average Bonchev–Trinajstić information content (AvgIpc) is 2.74. The Balaban J connectivity index is 2.18. The van der Waals surface area contributed by atoms with E-state index >= 15 is 0 Å². The second kappa shape index (κ2) is 8.05. The first-order valence-electron chi connectivity index (χ1n) is 8.33. The number of hydrogen-bond acceptors (Lipinski definition) is 2. The molecule has 1 N–H and O–H groups in total. The third-order valence-corrected chi connectivity index (χ3v) is 4.89. The molecule has 1 aliphatic rings. The molecule has 1 aromatic rings. The Morgan fingerprint density at radius 2 is 1.86 bits per heavy atom. The largest absolute Gasteiger partial charge is 0.371 e. The molecule has 2 nitrogen and oxygen atoms in total. The minimum Gasteiger partial charge on any atom is -0.371 e. The lowest BCUT2D eigenvalue weighted by Gasteiger charge is -2.31. The van der Waals surface area contributed by atoms with Gasteiger partial charge < -0.3 is 10.2 Å². The molecule has 0 aromatic heterocycles. The van der Waals surface area contributed by atoms with Crippen molar-refractivity contribution < 1.29 is 0 Å². The molecule has 21 heavy (non-hydrogen) atoms. The fourth-order valence-corrected chi connectivity index (χ4v) is 3.44. The highest BCUT2D eigenvalue weighted by Crippen LogP contribution is 2.31. The van der Waals surface area contributed by atoms with Crippen LogP contribution in [0.4, 0.5) is 5.69 Å². The van der Waals surface area contributed by atoms with Gasteiger partial charge in [-0.1, -0.05) is 57.2 Å². The monoisotopic (exact) mass is 308 g/mol. The molecule has 0 spiro atoms. The second-order valence-electron chi connectivity index (χ2n) is 6.53. The van der Waals surface area contributed by atoms with Crippen molar-refractivity contribution >= 4 is 17.3 Å². The van der Waals surface area contributed by atoms with Gasteiger partial charge in [0.1, 0.15) is 0 Å². The maximum absolute atomic E-state index is 6.46. The van der Waals surface area contributed by atoms with E-state index in [1.165, 1.54) is 49.8 Å². The normalized spacial score (nSPS) is 17.0. The zero-order valence-corrected chi connectivity index (χ0v) is 14.4. The molecule has 1 fully saturated rings. The quantitative estimate of drug-likeness (QED) is 0.770. The van der Waals surface area contributed by atoms with Crippen molar-refractivity contribution in [3.63, 3.8) is 0 Å². The lowest BCUT2D eigenvalue weighted by Crippen LogP contribution is -2.33. The maximum Gasteiger partial charge on any atom is 0.0471 e. The van der Waals surface area contributed by atoms with Gasteiger partial charge in [0.25, 0.3) is 0 Å². The molecule has 1 aliphatic carbocycles. The van der Waals surface area contributed by atoms with Crippen LogP contribution in [-0.4, -0.2) is 19.1 Å². The molecule has 2 rings (SSSR count). The summed E-state index contributed by atoms with van der Waals surface area (Å²) in [5.41, 5.74) is 2.53. The standard InChI is InChI=1S/C18H29ClN2/c1-14(2)20-13-16-17(19)11-8-12-18(16)21(3)15-9-6-4-5-7-10-15/h8,11-12,14-15,20H,4-7,9-10,13H2,1-3H3. The molecule has 0 atom stereocenters. The summed E-state index contributed by atoms with van der Waals surface area (Å²) in [6, 6.07) is 7.42. The molecule has 118 valence electrons. The molecule has 0 radical (unpaired) electrons. The number of anilines is 1. The van der Waals surface area contributed by atoms with Crippen molar-refractivity contribution in [1.29, 1.82) is 0 Å². The highest BCUT2D eigenvalue weighted by molar-refractivity contribution is 6.31. The zero-order valence-electron chi connectivity index (χ0n) is 13.7. The van der Waals surface area contributed by atoms with E-state index in [0.717, 1.165) is 11.6 Å². The lowest BCUT2D eigenvalue weighted by atomic mass is 10.0. The van der Waals surface area contributed by atoms with Gasteiger partial charge in [-0.25, -0.2) is 0 Å². The van der Waals surface area contributed by atoms with Gasteiger partial charge in [0.2, 0.25) is 0 Å². The number of nitrogens with one attached hydrogen (secondary N) is 1. The highest BCUT2D eigenvalue weighted by Gasteiger charge is 2.20. The van der Waals surface area contributed by atoms with E-state index in [1.54, 1.807) is 0 Å². The van der Waals surface area contributed by atoms with Gasteiger partial charge in [-0.2, -0.15) is 0 Å². The van der Waals surface area contributed by atoms with Crippen molar-refractivity contribution in [3.8, 4) is 0 Å². The lowest BCUT2D eigenvalue weighted by molar-refractivity contribution is 0.547. The van der Waals surface area contributed by atoms with Gasteiger partial charge in [0, 0.05) is 41.9 Å². The molecule has 0 heterocycles. The van der Waals surface area contributed by atoms with Crippen LogP contribution in [0.1, 0.15) is 57.9 Å². The van der Waals surface area contributed by atoms with E-state index in [0.29, 0.717) is 12.1 Å². The predicted molar refractivity (Wildman–Crippen MR) is 93.3 cm³/mol. The fourth-order valence-electron chi connectivity index (χ4n) is 3.20. The van der Waals surface area contributed by atoms with E-state index in [1.807, 2.05) is 6.07 Å². The molecule has 0 unspecified atom stereocenters. The Bertz CT molecular complexity index is 437. The SMILES string of the molecule is CC(C)NCc1c(Cl)cccc1N(C)C1CCCCCC1. The first kappa shape index (κ1) is 16.6. The number of hydrogen-bond donors (Lipinski definition) is 1. The first-order valence-corrected chi connectivity index (χ1v) is 8.71. The van der Waals surface area contributed by atoms with Gasteiger partial charge in [0.05, 0.1) is 0 Å². The minimum atomic E-state index is 0.470. The molecular weight excluding hydrogens is 280 g/mol. The molecular formula is C18H29ClN2. The van der Waals surface area contributed by atoms with E-state index < -0.39 is 0 Å². The predicted octanol–water partition coefficient (Wildman–Crippen LogP) is 5.00. The molecule has 0 bridgehead atoms. The summed E-state index contributed by atoms with van der Waals surface area (Å²) < 4.78 is 0. The van der Waals surface area contributed by atoms with Crippen LogP contribution in [0.5, 0.6) is 0 Å². The molecule has 1 saturated carbocycles. The molecule has 3 heteroatoms. The van der Waals surface area contributed by atoms with E-state index in [4.69, 9.17) is 11.6 Å². The van der Waals surface area contributed by atoms with Crippen molar-refractivity contribution in [2.45, 2.75) is 71.0 Å². The van der Waals surface area contributed by atoms with Crippen molar-refractivity contribution in [3.05, 3.63) is 28.8 Å². The minimum absolute atomic E-state index is 0.470. The topological polar surface area (TPSA) is 15.3 Å². The van der Waals surface area contributed by atoms with Crippen LogP contribution in [0.2, 0.25) is 5.02 Å². The summed E-state index contributed by atoms with van der Waals surface area (Å²) in [6.45, 7) is 5.18. The fraction of sp³-hybridized carbons (Fsp3) is 0.667. The van der Waals surface area contributed by atoms with Gasteiger partial charge in [-0.15, -0.1) is 0 Å². The van der Waals surface area contributed by atoms with Crippen LogP contribution >= 0.6 is 11.6 Å².